The fourth-order valence-corrected chi connectivity index (χ4v) is 0.891. The summed E-state index contributed by atoms with van der Waals surface area (Å²) in [5.41, 5.74) is -0.373. The van der Waals surface area contributed by atoms with Crippen molar-refractivity contribution in [3.8, 4) is 0 Å². The Balaban J connectivity index is 2.80. The van der Waals surface area contributed by atoms with E-state index < -0.39 is 0 Å². The highest BCUT2D eigenvalue weighted by Gasteiger charge is 2.33. The molecule has 54 valence electrons. The van der Waals surface area contributed by atoms with Crippen LogP contribution in [0.1, 0.15) is 6.92 Å². The van der Waals surface area contributed by atoms with E-state index in [-0.39, 0.29) is 11.6 Å². The largest absolute Gasteiger partial charge is 0.471 e. The van der Waals surface area contributed by atoms with Crippen LogP contribution in [0, 0.1) is 0 Å². The van der Waals surface area contributed by atoms with Gasteiger partial charge in [-0.2, -0.15) is 0 Å². The molecular weight excluding hydrogens is 126 g/mol. The van der Waals surface area contributed by atoms with Gasteiger partial charge in [-0.25, -0.2) is 4.99 Å². The van der Waals surface area contributed by atoms with Crippen molar-refractivity contribution in [3.05, 3.63) is 25.3 Å². The molecule has 0 bridgehead atoms. The Bertz CT molecular complexity index is 186. The lowest BCUT2D eigenvalue weighted by molar-refractivity contribution is 0.151. The first-order chi connectivity index (χ1) is 4.73. The molecule has 0 radical (unpaired) electrons. The minimum absolute atomic E-state index is 0.0185. The highest BCUT2D eigenvalue weighted by Crippen LogP contribution is 2.24. The molecule has 1 aliphatic heterocycles. The van der Waals surface area contributed by atoms with Gasteiger partial charge in [-0.05, 0) is 13.0 Å². The molecule has 0 fully saturated rings. The number of hydrogen-bond donors (Lipinski definition) is 0. The van der Waals surface area contributed by atoms with Gasteiger partial charge in [0.15, 0.2) is 12.0 Å². The predicted molar refractivity (Wildman–Crippen MR) is 42.2 cm³/mol. The third-order valence-corrected chi connectivity index (χ3v) is 1.74. The van der Waals surface area contributed by atoms with E-state index in [4.69, 9.17) is 4.74 Å². The first-order valence-corrected chi connectivity index (χ1v) is 3.18. The van der Waals surface area contributed by atoms with E-state index in [1.54, 1.807) is 12.2 Å². The SMILES string of the molecule is C=C[C@@H]1N=CO[C@]1(C)C=C. The molecule has 0 unspecified atom stereocenters. The van der Waals surface area contributed by atoms with Crippen LogP contribution in [0.5, 0.6) is 0 Å². The van der Waals surface area contributed by atoms with E-state index in [0.29, 0.717) is 0 Å². The Labute approximate surface area is 60.9 Å². The average molecular weight is 137 g/mol. The van der Waals surface area contributed by atoms with Crippen LogP contribution in [0.25, 0.3) is 0 Å². The molecule has 10 heavy (non-hydrogen) atoms. The number of nitrogens with zero attached hydrogens (tertiary/aromatic N) is 1. The first-order valence-electron chi connectivity index (χ1n) is 3.18. The molecule has 2 atom stereocenters. The van der Waals surface area contributed by atoms with Gasteiger partial charge in [-0.3, -0.25) is 0 Å². The van der Waals surface area contributed by atoms with Crippen LogP contribution in [0.4, 0.5) is 0 Å². The highest BCUT2D eigenvalue weighted by atomic mass is 16.5. The van der Waals surface area contributed by atoms with Gasteiger partial charge in [0.2, 0.25) is 0 Å². The first kappa shape index (κ1) is 7.06. The van der Waals surface area contributed by atoms with Crippen molar-refractivity contribution in [2.75, 3.05) is 0 Å². The maximum atomic E-state index is 5.21. The fourth-order valence-electron chi connectivity index (χ4n) is 0.891. The van der Waals surface area contributed by atoms with Crippen LogP contribution < -0.4 is 0 Å². The number of hydrogen-bond acceptors (Lipinski definition) is 2. The van der Waals surface area contributed by atoms with Gasteiger partial charge in [0.05, 0.1) is 0 Å². The molecule has 0 aromatic carbocycles. The summed E-state index contributed by atoms with van der Waals surface area (Å²) in [7, 11) is 0. The van der Waals surface area contributed by atoms with Crippen LogP contribution in [0.3, 0.4) is 0 Å². The van der Waals surface area contributed by atoms with Crippen molar-refractivity contribution in [2.45, 2.75) is 18.6 Å². The number of ether oxygens (including phenoxy) is 1. The van der Waals surface area contributed by atoms with E-state index in [9.17, 15) is 0 Å². The normalized spacial score (nSPS) is 37.1. The van der Waals surface area contributed by atoms with Gasteiger partial charge in [-0.1, -0.05) is 12.7 Å². The summed E-state index contributed by atoms with van der Waals surface area (Å²) in [5.74, 6) is 0. The topological polar surface area (TPSA) is 21.6 Å². The molecular formula is C8H11NO. The molecule has 0 N–H and O–H groups in total. The van der Waals surface area contributed by atoms with Gasteiger partial charge >= 0.3 is 0 Å². The van der Waals surface area contributed by atoms with Gasteiger partial charge in [0.1, 0.15) is 6.04 Å². The lowest BCUT2D eigenvalue weighted by Crippen LogP contribution is -2.32. The van der Waals surface area contributed by atoms with Gasteiger partial charge in [-0.15, -0.1) is 6.58 Å². The summed E-state index contributed by atoms with van der Waals surface area (Å²) in [6, 6.07) is 0.0185. The van der Waals surface area contributed by atoms with Crippen molar-refractivity contribution in [3.63, 3.8) is 0 Å². The molecule has 1 heterocycles. The molecule has 2 heteroatoms. The summed E-state index contributed by atoms with van der Waals surface area (Å²) >= 11 is 0. The maximum absolute atomic E-state index is 5.21. The van der Waals surface area contributed by atoms with Crippen LogP contribution in [-0.2, 0) is 4.74 Å². The summed E-state index contributed by atoms with van der Waals surface area (Å²) in [6.45, 7) is 9.23. The van der Waals surface area contributed by atoms with E-state index in [2.05, 4.69) is 18.2 Å². The standard InChI is InChI=1S/C8H11NO/c1-4-7-8(3,5-2)10-6-9-7/h4-7H,1-2H2,3H3/t7-,8+/m0/s1. The molecule has 1 aliphatic rings. The Morgan fingerprint density at radius 2 is 2.40 bits per heavy atom. The van der Waals surface area contributed by atoms with Crippen molar-refractivity contribution in [1.29, 1.82) is 0 Å². The second-order valence-electron chi connectivity index (χ2n) is 2.44. The smallest absolute Gasteiger partial charge is 0.171 e. The Hall–Kier alpha value is -1.05. The second-order valence-corrected chi connectivity index (χ2v) is 2.44. The number of aliphatic imine (C=N–C) groups is 1. The lowest BCUT2D eigenvalue weighted by atomic mass is 9.98. The molecule has 0 aliphatic carbocycles. The summed E-state index contributed by atoms with van der Waals surface area (Å²) in [5, 5.41) is 0. The predicted octanol–water partition coefficient (Wildman–Crippen LogP) is 1.54. The molecule has 0 aromatic heterocycles. The zero-order valence-electron chi connectivity index (χ0n) is 6.08. The number of rotatable bonds is 2. The van der Waals surface area contributed by atoms with E-state index in [1.165, 1.54) is 6.40 Å². The van der Waals surface area contributed by atoms with Gasteiger partial charge in [0, 0.05) is 0 Å². The quantitative estimate of drug-likeness (QED) is 0.529. The molecule has 0 saturated carbocycles. The third kappa shape index (κ3) is 0.856. The highest BCUT2D eigenvalue weighted by molar-refractivity contribution is 5.53. The fraction of sp³-hybridized carbons (Fsp3) is 0.375. The maximum Gasteiger partial charge on any atom is 0.171 e. The van der Waals surface area contributed by atoms with Crippen LogP contribution >= 0.6 is 0 Å². The Kier molecular flexibility index (Phi) is 1.62. The molecule has 0 saturated heterocycles. The summed E-state index contributed by atoms with van der Waals surface area (Å²) < 4.78 is 5.21. The molecule has 2 nitrogen and oxygen atoms in total. The average Bonchev–Trinajstić information content (AvgIpc) is 2.32. The monoisotopic (exact) mass is 137 g/mol. The minimum Gasteiger partial charge on any atom is -0.471 e. The Morgan fingerprint density at radius 1 is 1.70 bits per heavy atom. The minimum atomic E-state index is -0.373. The Morgan fingerprint density at radius 3 is 2.80 bits per heavy atom. The van der Waals surface area contributed by atoms with Crippen molar-refractivity contribution >= 4 is 6.40 Å². The summed E-state index contributed by atoms with van der Waals surface area (Å²) in [4.78, 5) is 4.04. The van der Waals surface area contributed by atoms with Gasteiger partial charge < -0.3 is 4.74 Å². The van der Waals surface area contributed by atoms with E-state index >= 15 is 0 Å². The van der Waals surface area contributed by atoms with E-state index in [0.717, 1.165) is 0 Å². The van der Waals surface area contributed by atoms with Crippen molar-refractivity contribution in [2.24, 2.45) is 4.99 Å². The summed E-state index contributed by atoms with van der Waals surface area (Å²) in [6.07, 6.45) is 4.95. The van der Waals surface area contributed by atoms with Crippen LogP contribution in [-0.4, -0.2) is 18.0 Å². The second kappa shape index (κ2) is 2.29. The molecule has 1 rings (SSSR count). The molecule has 0 spiro atoms. The van der Waals surface area contributed by atoms with Crippen molar-refractivity contribution in [1.82, 2.24) is 0 Å². The van der Waals surface area contributed by atoms with E-state index in [1.807, 2.05) is 6.92 Å². The van der Waals surface area contributed by atoms with Gasteiger partial charge in [0.25, 0.3) is 0 Å². The lowest BCUT2D eigenvalue weighted by Gasteiger charge is -2.22. The zero-order valence-corrected chi connectivity index (χ0v) is 6.08. The zero-order chi connectivity index (χ0) is 7.61. The molecule has 0 aromatic rings. The molecule has 0 amide bonds. The van der Waals surface area contributed by atoms with Crippen molar-refractivity contribution < 1.29 is 4.74 Å². The van der Waals surface area contributed by atoms with Crippen LogP contribution in [0.2, 0.25) is 0 Å². The van der Waals surface area contributed by atoms with Crippen LogP contribution in [0.15, 0.2) is 30.3 Å². The third-order valence-electron chi connectivity index (χ3n) is 1.74.